The van der Waals surface area contributed by atoms with Gasteiger partial charge in [-0.15, -0.1) is 18.2 Å². The number of nitrogens with one attached hydrogen (secondary N) is 2. The second-order valence-corrected chi connectivity index (χ2v) is 14.4. The van der Waals surface area contributed by atoms with Crippen LogP contribution in [0.4, 0.5) is 0 Å². The van der Waals surface area contributed by atoms with Gasteiger partial charge in [0.25, 0.3) is 5.91 Å². The number of hydrogen-bond acceptors (Lipinski definition) is 16. The molecule has 0 spiro atoms. The van der Waals surface area contributed by atoms with Crippen LogP contribution in [0.2, 0.25) is 0 Å². The highest BCUT2D eigenvalue weighted by Crippen LogP contribution is 2.43. The van der Waals surface area contributed by atoms with E-state index >= 15 is 0 Å². The molecule has 1 fully saturated rings. The molecule has 2 aromatic rings. The molecule has 1 saturated heterocycles. The molecule has 2 aromatic carbocycles. The molecule has 1 aliphatic heterocycles. The van der Waals surface area contributed by atoms with Crippen molar-refractivity contribution in [1.29, 1.82) is 0 Å². The van der Waals surface area contributed by atoms with Crippen molar-refractivity contribution in [2.45, 2.75) is 75.9 Å². The van der Waals surface area contributed by atoms with Gasteiger partial charge in [-0.1, -0.05) is 60.5 Å². The third kappa shape index (κ3) is 16.0. The van der Waals surface area contributed by atoms with Crippen LogP contribution >= 0.6 is 11.8 Å². The standard InChI is InChI=1S/C41H50N2O15S/c1-7-17-52-18-19-53-20-21-59-41(40(50)51-6)23-33(55-27(3)45)37(43-36(49)25-54-26(2)44)39(58-41)38(57-29(5)47)34(56-28(4)46)24-42-35(48)22-30-13-15-32(16-14-30)31-11-9-8-10-12-31/h1,8-16,33-34,37-39H,17-25H2,2-6H3,(H,42,48)(H,43,49)/t33-,34+,37+,38+,39+,41+/m0/s1. The minimum Gasteiger partial charge on any atom is -0.466 e. The van der Waals surface area contributed by atoms with E-state index in [0.717, 1.165) is 57.7 Å². The lowest BCUT2D eigenvalue weighted by molar-refractivity contribution is -0.221. The van der Waals surface area contributed by atoms with E-state index < -0.39 is 96.6 Å². The molecular weight excluding hydrogens is 793 g/mol. The fraction of sp³-hybridized carbons (Fsp3) is 0.488. The van der Waals surface area contributed by atoms with Crippen molar-refractivity contribution >= 4 is 53.4 Å². The van der Waals surface area contributed by atoms with Crippen molar-refractivity contribution in [3.63, 3.8) is 0 Å². The van der Waals surface area contributed by atoms with Gasteiger partial charge < -0.3 is 48.5 Å². The van der Waals surface area contributed by atoms with Gasteiger partial charge in [-0.3, -0.25) is 28.8 Å². The topological polar surface area (TPSA) is 217 Å². The van der Waals surface area contributed by atoms with Crippen LogP contribution in [0.15, 0.2) is 54.6 Å². The second kappa shape index (κ2) is 24.4. The van der Waals surface area contributed by atoms with Gasteiger partial charge in [0.1, 0.15) is 18.8 Å². The lowest BCUT2D eigenvalue weighted by Gasteiger charge is -2.48. The van der Waals surface area contributed by atoms with E-state index in [1.165, 1.54) is 0 Å². The number of esters is 5. The zero-order chi connectivity index (χ0) is 43.4. The smallest absolute Gasteiger partial charge is 0.348 e. The van der Waals surface area contributed by atoms with Gasteiger partial charge in [-0.2, -0.15) is 0 Å². The molecule has 0 aromatic heterocycles. The Morgan fingerprint density at radius 3 is 2.12 bits per heavy atom. The molecule has 0 radical (unpaired) electrons. The van der Waals surface area contributed by atoms with E-state index in [2.05, 4.69) is 16.6 Å². The number of benzene rings is 2. The highest BCUT2D eigenvalue weighted by atomic mass is 32.2. The molecule has 1 aliphatic rings. The first kappa shape index (κ1) is 47.9. The average Bonchev–Trinajstić information content (AvgIpc) is 3.19. The number of carbonyl (C=O) groups is 7. The molecule has 0 unspecified atom stereocenters. The number of amides is 2. The highest BCUT2D eigenvalue weighted by Gasteiger charge is 2.58. The summed E-state index contributed by atoms with van der Waals surface area (Å²) in [5.41, 5.74) is 2.61. The van der Waals surface area contributed by atoms with Crippen LogP contribution in [0.3, 0.4) is 0 Å². The van der Waals surface area contributed by atoms with Crippen LogP contribution in [0.1, 0.15) is 39.7 Å². The lowest BCUT2D eigenvalue weighted by atomic mass is 9.89. The van der Waals surface area contributed by atoms with Crippen molar-refractivity contribution in [1.82, 2.24) is 10.6 Å². The molecule has 0 saturated carbocycles. The Hall–Kier alpha value is -5.48. The minimum atomic E-state index is -2.01. The summed E-state index contributed by atoms with van der Waals surface area (Å²) in [6.07, 6.45) is -1.54. The molecule has 3 rings (SSSR count). The van der Waals surface area contributed by atoms with Gasteiger partial charge in [0, 0.05) is 39.9 Å². The zero-order valence-electron chi connectivity index (χ0n) is 33.6. The van der Waals surface area contributed by atoms with Crippen molar-refractivity contribution in [2.75, 3.05) is 52.4 Å². The minimum absolute atomic E-state index is 0.0715. The van der Waals surface area contributed by atoms with Crippen LogP contribution < -0.4 is 10.6 Å². The first-order chi connectivity index (χ1) is 28.2. The number of ether oxygens (including phenoxy) is 8. The zero-order valence-corrected chi connectivity index (χ0v) is 34.4. The summed E-state index contributed by atoms with van der Waals surface area (Å²) in [7, 11) is 1.10. The van der Waals surface area contributed by atoms with Gasteiger partial charge in [0.05, 0.1) is 45.9 Å². The van der Waals surface area contributed by atoms with E-state index in [4.69, 9.17) is 44.3 Å². The Morgan fingerprint density at radius 2 is 1.51 bits per heavy atom. The maximum Gasteiger partial charge on any atom is 0.348 e. The average molecular weight is 843 g/mol. The summed E-state index contributed by atoms with van der Waals surface area (Å²) in [5, 5.41) is 5.30. The largest absolute Gasteiger partial charge is 0.466 e. The maximum absolute atomic E-state index is 13.7. The van der Waals surface area contributed by atoms with Crippen molar-refractivity contribution < 1.29 is 71.5 Å². The van der Waals surface area contributed by atoms with Crippen LogP contribution in [0.25, 0.3) is 11.1 Å². The summed E-state index contributed by atoms with van der Waals surface area (Å²) in [6.45, 7) is 3.67. The number of hydrogen-bond donors (Lipinski definition) is 2. The maximum atomic E-state index is 13.7. The van der Waals surface area contributed by atoms with E-state index in [9.17, 15) is 33.6 Å². The monoisotopic (exact) mass is 842 g/mol. The van der Waals surface area contributed by atoms with Gasteiger partial charge in [0.2, 0.25) is 10.8 Å². The molecule has 2 N–H and O–H groups in total. The van der Waals surface area contributed by atoms with Gasteiger partial charge in [0.15, 0.2) is 18.8 Å². The third-order valence-corrected chi connectivity index (χ3v) is 9.72. The molecule has 2 amide bonds. The van der Waals surface area contributed by atoms with Gasteiger partial charge in [-0.05, 0) is 16.7 Å². The Bertz CT molecular complexity index is 1780. The number of terminal acetylenes is 1. The van der Waals surface area contributed by atoms with Gasteiger partial charge in [-0.25, -0.2) is 4.79 Å². The van der Waals surface area contributed by atoms with E-state index in [-0.39, 0.29) is 38.6 Å². The highest BCUT2D eigenvalue weighted by molar-refractivity contribution is 8.01. The molecule has 6 atom stereocenters. The first-order valence-electron chi connectivity index (χ1n) is 18.5. The summed E-state index contributed by atoms with van der Waals surface area (Å²) in [4.78, 5) is 87.7. The summed E-state index contributed by atoms with van der Waals surface area (Å²) < 4.78 is 44.3. The Morgan fingerprint density at radius 1 is 0.847 bits per heavy atom. The predicted molar refractivity (Wildman–Crippen MR) is 211 cm³/mol. The van der Waals surface area contributed by atoms with E-state index in [0.29, 0.717) is 5.56 Å². The van der Waals surface area contributed by atoms with Gasteiger partial charge >= 0.3 is 29.8 Å². The van der Waals surface area contributed by atoms with Crippen LogP contribution in [0.5, 0.6) is 0 Å². The SMILES string of the molecule is C#CCOCCOCCS[C@@]1(C(=O)OC)C[C@H](OC(C)=O)[C@@H](NC(=O)COC(C)=O)[C@H]([C@H](OC(C)=O)[C@@H](CNC(=O)Cc2ccc(-c3ccccc3)cc2)OC(C)=O)O1. The fourth-order valence-corrected chi connectivity index (χ4v) is 7.25. The molecule has 17 nitrogen and oxygen atoms in total. The third-order valence-electron chi connectivity index (χ3n) is 8.45. The first-order valence-corrected chi connectivity index (χ1v) is 19.5. The van der Waals surface area contributed by atoms with Crippen molar-refractivity contribution in [3.05, 3.63) is 60.2 Å². The predicted octanol–water partition coefficient (Wildman–Crippen LogP) is 1.91. The molecule has 59 heavy (non-hydrogen) atoms. The van der Waals surface area contributed by atoms with E-state index in [1.807, 2.05) is 42.5 Å². The molecule has 0 aliphatic carbocycles. The van der Waals surface area contributed by atoms with Crippen LogP contribution in [-0.4, -0.2) is 129 Å². The molecule has 18 heteroatoms. The molecular formula is C41H50N2O15S. The van der Waals surface area contributed by atoms with Crippen molar-refractivity contribution in [2.24, 2.45) is 0 Å². The normalized spacial score (nSPS) is 19.4. The number of methoxy groups -OCH3 is 1. The molecule has 0 bridgehead atoms. The number of rotatable bonds is 22. The van der Waals surface area contributed by atoms with Crippen molar-refractivity contribution in [3.8, 4) is 23.5 Å². The van der Waals surface area contributed by atoms with E-state index in [1.54, 1.807) is 12.1 Å². The number of carbonyl (C=O) groups excluding carboxylic acids is 7. The molecule has 1 heterocycles. The Kier molecular flexibility index (Phi) is 19.8. The Labute approximate surface area is 346 Å². The quantitative estimate of drug-likeness (QED) is 0.0749. The summed E-state index contributed by atoms with van der Waals surface area (Å²) in [5.74, 6) is -3.22. The van der Waals surface area contributed by atoms with Crippen LogP contribution in [0, 0.1) is 12.3 Å². The second-order valence-electron chi connectivity index (χ2n) is 13.0. The Balaban J connectivity index is 2.00. The summed E-state index contributed by atoms with van der Waals surface area (Å²) in [6, 6.07) is 15.6. The lowest BCUT2D eigenvalue weighted by Crippen LogP contribution is -2.68. The molecule has 320 valence electrons. The summed E-state index contributed by atoms with van der Waals surface area (Å²) >= 11 is 0.910. The fourth-order valence-electron chi connectivity index (χ4n) is 6.06. The van der Waals surface area contributed by atoms with Crippen LogP contribution in [-0.2, 0) is 77.9 Å². The number of thioether (sulfide) groups is 1.